The molecule has 1 fully saturated rings. The number of nitrogens with one attached hydrogen (secondary N) is 1. The van der Waals surface area contributed by atoms with E-state index in [1.165, 1.54) is 19.4 Å². The summed E-state index contributed by atoms with van der Waals surface area (Å²) in [6.45, 7) is 9.10. The Morgan fingerprint density at radius 1 is 1.32 bits per heavy atom. The molecule has 19 heavy (non-hydrogen) atoms. The van der Waals surface area contributed by atoms with Crippen molar-refractivity contribution < 1.29 is 9.47 Å². The molecule has 0 saturated carbocycles. The van der Waals surface area contributed by atoms with Gasteiger partial charge in [0.25, 0.3) is 0 Å². The minimum Gasteiger partial charge on any atom is -0.382 e. The summed E-state index contributed by atoms with van der Waals surface area (Å²) in [7, 11) is 3.96. The summed E-state index contributed by atoms with van der Waals surface area (Å²) < 4.78 is 11.2. The van der Waals surface area contributed by atoms with Gasteiger partial charge in [0.05, 0.1) is 12.7 Å². The molecule has 0 aromatic heterocycles. The highest BCUT2D eigenvalue weighted by Crippen LogP contribution is 2.17. The lowest BCUT2D eigenvalue weighted by atomic mass is 10.1. The predicted molar refractivity (Wildman–Crippen MR) is 79.6 cm³/mol. The fraction of sp³-hybridized carbons (Fsp3) is 1.00. The molecular formula is C15H32N2O2. The van der Waals surface area contributed by atoms with Gasteiger partial charge in [-0.05, 0) is 45.3 Å². The first-order valence-electron chi connectivity index (χ1n) is 7.65. The number of hydrogen-bond donors (Lipinski definition) is 1. The van der Waals surface area contributed by atoms with E-state index in [9.17, 15) is 0 Å². The van der Waals surface area contributed by atoms with Gasteiger partial charge in [0.2, 0.25) is 0 Å². The Balaban J connectivity index is 2.13. The lowest BCUT2D eigenvalue weighted by Crippen LogP contribution is -2.35. The van der Waals surface area contributed by atoms with Crippen LogP contribution < -0.4 is 5.32 Å². The molecule has 1 rings (SSSR count). The summed E-state index contributed by atoms with van der Waals surface area (Å²) in [4.78, 5) is 2.45. The third kappa shape index (κ3) is 7.25. The zero-order valence-corrected chi connectivity index (χ0v) is 13.2. The number of ether oxygens (including phenoxy) is 2. The fourth-order valence-electron chi connectivity index (χ4n) is 2.60. The monoisotopic (exact) mass is 272 g/mol. The van der Waals surface area contributed by atoms with E-state index in [4.69, 9.17) is 9.47 Å². The van der Waals surface area contributed by atoms with Gasteiger partial charge in [-0.1, -0.05) is 13.8 Å². The molecule has 0 spiro atoms. The van der Waals surface area contributed by atoms with Gasteiger partial charge in [-0.2, -0.15) is 0 Å². The van der Waals surface area contributed by atoms with Crippen LogP contribution in [-0.4, -0.2) is 64.1 Å². The van der Waals surface area contributed by atoms with E-state index in [0.29, 0.717) is 18.6 Å². The molecule has 114 valence electrons. The van der Waals surface area contributed by atoms with Crippen LogP contribution in [0, 0.1) is 5.92 Å². The lowest BCUT2D eigenvalue weighted by Gasteiger charge is -2.22. The fourth-order valence-corrected chi connectivity index (χ4v) is 2.60. The Kier molecular flexibility index (Phi) is 8.62. The van der Waals surface area contributed by atoms with E-state index in [1.54, 1.807) is 7.11 Å². The minimum atomic E-state index is 0.176. The first-order valence-corrected chi connectivity index (χ1v) is 7.65. The van der Waals surface area contributed by atoms with Crippen molar-refractivity contribution in [2.24, 2.45) is 5.92 Å². The molecule has 2 unspecified atom stereocenters. The van der Waals surface area contributed by atoms with Gasteiger partial charge < -0.3 is 19.7 Å². The number of likely N-dealkylation sites (tertiary alicyclic amines) is 1. The standard InChI is InChI=1S/C15H32N2O2/c1-13(2)10-16-11-15(12-18-4)19-9-7-14-6-5-8-17(14)3/h13-16H,5-12H2,1-4H3. The number of nitrogens with zero attached hydrogens (tertiary/aromatic N) is 1. The second-order valence-electron chi connectivity index (χ2n) is 6.07. The molecule has 0 radical (unpaired) electrons. The van der Waals surface area contributed by atoms with Crippen LogP contribution >= 0.6 is 0 Å². The molecule has 4 heteroatoms. The summed E-state index contributed by atoms with van der Waals surface area (Å²) in [6.07, 6.45) is 3.97. The number of methoxy groups -OCH3 is 1. The van der Waals surface area contributed by atoms with Crippen molar-refractivity contribution in [2.75, 3.05) is 47.0 Å². The summed E-state index contributed by atoms with van der Waals surface area (Å²) >= 11 is 0. The molecule has 0 aromatic carbocycles. The van der Waals surface area contributed by atoms with Gasteiger partial charge in [-0.25, -0.2) is 0 Å². The van der Waals surface area contributed by atoms with E-state index in [0.717, 1.165) is 26.1 Å². The first kappa shape index (κ1) is 16.9. The highest BCUT2D eigenvalue weighted by atomic mass is 16.5. The van der Waals surface area contributed by atoms with Crippen LogP contribution in [0.15, 0.2) is 0 Å². The van der Waals surface area contributed by atoms with Crippen molar-refractivity contribution in [2.45, 2.75) is 45.3 Å². The van der Waals surface area contributed by atoms with Crippen molar-refractivity contribution >= 4 is 0 Å². The minimum absolute atomic E-state index is 0.176. The van der Waals surface area contributed by atoms with Crippen molar-refractivity contribution in [3.05, 3.63) is 0 Å². The van der Waals surface area contributed by atoms with E-state index in [1.807, 2.05) is 0 Å². The topological polar surface area (TPSA) is 33.7 Å². The van der Waals surface area contributed by atoms with Crippen molar-refractivity contribution in [3.8, 4) is 0 Å². The van der Waals surface area contributed by atoms with Gasteiger partial charge in [0.1, 0.15) is 0 Å². The average Bonchev–Trinajstić information content (AvgIpc) is 2.75. The average molecular weight is 272 g/mol. The molecule has 0 aromatic rings. The van der Waals surface area contributed by atoms with Crippen LogP contribution in [0.5, 0.6) is 0 Å². The molecule has 1 aliphatic rings. The Hall–Kier alpha value is -0.160. The van der Waals surface area contributed by atoms with Gasteiger partial charge in [0.15, 0.2) is 0 Å². The third-order valence-electron chi connectivity index (χ3n) is 3.75. The van der Waals surface area contributed by atoms with Crippen LogP contribution in [-0.2, 0) is 9.47 Å². The van der Waals surface area contributed by atoms with Crippen LogP contribution in [0.25, 0.3) is 0 Å². The highest BCUT2D eigenvalue weighted by molar-refractivity contribution is 4.76. The second kappa shape index (κ2) is 9.70. The maximum Gasteiger partial charge on any atom is 0.0932 e. The van der Waals surface area contributed by atoms with Gasteiger partial charge in [0, 0.05) is 26.3 Å². The summed E-state index contributed by atoms with van der Waals surface area (Å²) in [5.41, 5.74) is 0. The van der Waals surface area contributed by atoms with Crippen LogP contribution in [0.2, 0.25) is 0 Å². The number of hydrogen-bond acceptors (Lipinski definition) is 4. The van der Waals surface area contributed by atoms with E-state index in [-0.39, 0.29) is 6.10 Å². The Morgan fingerprint density at radius 2 is 2.11 bits per heavy atom. The Bertz CT molecular complexity index is 224. The smallest absolute Gasteiger partial charge is 0.0932 e. The predicted octanol–water partition coefficient (Wildman–Crippen LogP) is 1.75. The largest absolute Gasteiger partial charge is 0.382 e. The highest BCUT2D eigenvalue weighted by Gasteiger charge is 2.20. The van der Waals surface area contributed by atoms with Gasteiger partial charge >= 0.3 is 0 Å². The molecule has 0 amide bonds. The second-order valence-corrected chi connectivity index (χ2v) is 6.07. The normalized spacial score (nSPS) is 22.3. The molecule has 0 aliphatic carbocycles. The quantitative estimate of drug-likeness (QED) is 0.657. The van der Waals surface area contributed by atoms with Crippen LogP contribution in [0.4, 0.5) is 0 Å². The van der Waals surface area contributed by atoms with E-state index in [2.05, 4.69) is 31.1 Å². The summed E-state index contributed by atoms with van der Waals surface area (Å²) in [5, 5.41) is 3.44. The van der Waals surface area contributed by atoms with Crippen molar-refractivity contribution in [3.63, 3.8) is 0 Å². The summed E-state index contributed by atoms with van der Waals surface area (Å²) in [5.74, 6) is 0.676. The van der Waals surface area contributed by atoms with Crippen LogP contribution in [0.3, 0.4) is 0 Å². The zero-order chi connectivity index (χ0) is 14.1. The zero-order valence-electron chi connectivity index (χ0n) is 13.2. The Labute approximate surface area is 118 Å². The molecule has 1 aliphatic heterocycles. The van der Waals surface area contributed by atoms with Crippen LogP contribution in [0.1, 0.15) is 33.1 Å². The first-order chi connectivity index (χ1) is 9.13. The maximum absolute atomic E-state index is 5.96. The lowest BCUT2D eigenvalue weighted by molar-refractivity contribution is -0.00692. The Morgan fingerprint density at radius 3 is 2.68 bits per heavy atom. The molecular weight excluding hydrogens is 240 g/mol. The van der Waals surface area contributed by atoms with E-state index < -0.39 is 0 Å². The molecule has 2 atom stereocenters. The van der Waals surface area contributed by atoms with E-state index >= 15 is 0 Å². The summed E-state index contributed by atoms with van der Waals surface area (Å²) in [6, 6.07) is 0.715. The maximum atomic E-state index is 5.96. The molecule has 1 N–H and O–H groups in total. The molecule has 1 saturated heterocycles. The molecule has 4 nitrogen and oxygen atoms in total. The molecule has 0 bridgehead atoms. The van der Waals surface area contributed by atoms with Crippen molar-refractivity contribution in [1.29, 1.82) is 0 Å². The van der Waals surface area contributed by atoms with Crippen molar-refractivity contribution in [1.82, 2.24) is 10.2 Å². The molecule has 1 heterocycles. The SMILES string of the molecule is COCC(CNCC(C)C)OCCC1CCCN1C. The third-order valence-corrected chi connectivity index (χ3v) is 3.75. The number of rotatable bonds is 10. The van der Waals surface area contributed by atoms with Gasteiger partial charge in [-0.3, -0.25) is 0 Å². The van der Waals surface area contributed by atoms with Gasteiger partial charge in [-0.15, -0.1) is 0 Å².